The Balaban J connectivity index is 2.83. The molecule has 0 aliphatic heterocycles. The van der Waals surface area contributed by atoms with Crippen LogP contribution in [-0.2, 0) is 0 Å². The van der Waals surface area contributed by atoms with Crippen LogP contribution in [0.5, 0.6) is 0 Å². The molecule has 0 aliphatic rings. The zero-order valence-electron chi connectivity index (χ0n) is 6.11. The summed E-state index contributed by atoms with van der Waals surface area (Å²) < 4.78 is 0. The van der Waals surface area contributed by atoms with E-state index >= 15 is 0 Å². The van der Waals surface area contributed by atoms with Crippen LogP contribution in [0.2, 0.25) is 0 Å². The topological polar surface area (TPSA) is 58.6 Å². The van der Waals surface area contributed by atoms with Crippen LogP contribution >= 0.6 is 0 Å². The minimum Gasteiger partial charge on any atom is -0.733 e. The van der Waals surface area contributed by atoms with E-state index in [0.29, 0.717) is 0 Å². The van der Waals surface area contributed by atoms with E-state index in [1.807, 2.05) is 0 Å². The molecule has 0 unspecified atom stereocenters. The van der Waals surface area contributed by atoms with Crippen molar-refractivity contribution in [2.24, 2.45) is 0 Å². The highest BCUT2D eigenvalue weighted by atomic mass is 16.8. The van der Waals surface area contributed by atoms with E-state index in [1.54, 1.807) is 19.2 Å². The quantitative estimate of drug-likeness (QED) is 0.631. The highest BCUT2D eigenvalue weighted by Crippen LogP contribution is 2.14. The van der Waals surface area contributed by atoms with Gasteiger partial charge in [-0.05, 0) is 24.3 Å². The van der Waals surface area contributed by atoms with Gasteiger partial charge in [0.15, 0.2) is 0 Å². The largest absolute Gasteiger partial charge is 0.733 e. The van der Waals surface area contributed by atoms with Crippen molar-refractivity contribution in [1.82, 2.24) is 0 Å². The maximum absolute atomic E-state index is 10.3. The lowest BCUT2D eigenvalue weighted by atomic mass is 10.3. The first kappa shape index (κ1) is 7.84. The molecule has 0 radical (unpaired) electrons. The molecule has 0 amide bonds. The van der Waals surface area contributed by atoms with Crippen molar-refractivity contribution >= 4 is 11.4 Å². The summed E-state index contributed by atoms with van der Waals surface area (Å²) >= 11 is 0. The number of nitrogens with one attached hydrogen (secondary N) is 1. The molecule has 0 bridgehead atoms. The van der Waals surface area contributed by atoms with E-state index < -0.39 is 0 Å². The normalized spacial score (nSPS) is 9.36. The first-order valence-corrected chi connectivity index (χ1v) is 3.18. The molecular weight excluding hydrogens is 144 g/mol. The fourth-order valence-electron chi connectivity index (χ4n) is 0.756. The monoisotopic (exact) mass is 153 g/mol. The average Bonchev–Trinajstić information content (AvgIpc) is 2.05. The van der Waals surface area contributed by atoms with Crippen LogP contribution in [0.15, 0.2) is 24.3 Å². The van der Waals surface area contributed by atoms with Gasteiger partial charge < -0.3 is 15.8 Å². The fourth-order valence-corrected chi connectivity index (χ4v) is 0.756. The predicted molar refractivity (Wildman–Crippen MR) is 43.6 cm³/mol. The van der Waals surface area contributed by atoms with Crippen molar-refractivity contribution in [3.8, 4) is 0 Å². The van der Waals surface area contributed by atoms with Crippen molar-refractivity contribution in [2.75, 3.05) is 17.6 Å². The Morgan fingerprint density at radius 2 is 1.91 bits per heavy atom. The second-order valence-electron chi connectivity index (χ2n) is 2.07. The first-order chi connectivity index (χ1) is 5.24. The number of hydrogen-bond acceptors (Lipinski definition) is 4. The van der Waals surface area contributed by atoms with E-state index in [0.717, 1.165) is 5.69 Å². The summed E-state index contributed by atoms with van der Waals surface area (Å²) in [5, 5.41) is 21.5. The lowest BCUT2D eigenvalue weighted by Gasteiger charge is -2.21. The number of anilines is 2. The molecule has 11 heavy (non-hydrogen) atoms. The molecular formula is C7H9N2O2-. The van der Waals surface area contributed by atoms with E-state index in [-0.39, 0.29) is 10.9 Å². The van der Waals surface area contributed by atoms with Crippen molar-refractivity contribution < 1.29 is 5.21 Å². The number of nitrogens with zero attached hydrogens (tertiary/aromatic N) is 1. The third-order valence-electron chi connectivity index (χ3n) is 1.38. The predicted octanol–water partition coefficient (Wildman–Crippen LogP) is 1.42. The van der Waals surface area contributed by atoms with E-state index in [4.69, 9.17) is 5.21 Å². The SMILES string of the molecule is CNc1ccc(N([O-])O)cc1. The highest BCUT2D eigenvalue weighted by molar-refractivity contribution is 5.53. The Labute approximate surface area is 64.6 Å². The standard InChI is InChI=1S/C7H9N2O2/c1-8-6-2-4-7(5-3-6)9(10)11/h2-5,8,10H,1H3/q-1. The fraction of sp³-hybridized carbons (Fsp3) is 0.143. The zero-order valence-corrected chi connectivity index (χ0v) is 6.11. The molecule has 60 valence electrons. The van der Waals surface area contributed by atoms with E-state index in [9.17, 15) is 5.21 Å². The Hall–Kier alpha value is -1.26. The van der Waals surface area contributed by atoms with Crippen LogP contribution in [0.25, 0.3) is 0 Å². The van der Waals surface area contributed by atoms with Crippen LogP contribution < -0.4 is 10.5 Å². The number of hydrogen-bond donors (Lipinski definition) is 2. The van der Waals surface area contributed by atoms with Gasteiger partial charge in [-0.25, -0.2) is 0 Å². The molecule has 0 saturated carbocycles. The van der Waals surface area contributed by atoms with Gasteiger partial charge in [0.2, 0.25) is 0 Å². The third kappa shape index (κ3) is 1.83. The Morgan fingerprint density at radius 3 is 2.27 bits per heavy atom. The molecule has 0 aromatic heterocycles. The van der Waals surface area contributed by atoms with E-state index in [1.165, 1.54) is 12.1 Å². The average molecular weight is 153 g/mol. The van der Waals surface area contributed by atoms with Gasteiger partial charge in [-0.2, -0.15) is 0 Å². The summed E-state index contributed by atoms with van der Waals surface area (Å²) in [4.78, 5) is 0. The molecule has 4 nitrogen and oxygen atoms in total. The van der Waals surface area contributed by atoms with Crippen molar-refractivity contribution in [3.63, 3.8) is 0 Å². The zero-order chi connectivity index (χ0) is 8.27. The minimum atomic E-state index is -0.167. The molecule has 0 saturated heterocycles. The van der Waals surface area contributed by atoms with Crippen molar-refractivity contribution in [3.05, 3.63) is 29.5 Å². The molecule has 1 rings (SSSR count). The number of benzene rings is 1. The van der Waals surface area contributed by atoms with Crippen LogP contribution in [-0.4, -0.2) is 12.3 Å². The van der Waals surface area contributed by atoms with Gasteiger partial charge in [0.1, 0.15) is 0 Å². The van der Waals surface area contributed by atoms with Gasteiger partial charge in [0.25, 0.3) is 0 Å². The molecule has 0 fully saturated rings. The van der Waals surface area contributed by atoms with Crippen LogP contribution in [0.4, 0.5) is 11.4 Å². The van der Waals surface area contributed by atoms with Gasteiger partial charge in [-0.1, -0.05) is 0 Å². The van der Waals surface area contributed by atoms with Crippen molar-refractivity contribution in [2.45, 2.75) is 0 Å². The molecule has 0 spiro atoms. The van der Waals surface area contributed by atoms with Crippen LogP contribution in [0, 0.1) is 5.21 Å². The maximum Gasteiger partial charge on any atom is 0.0510 e. The summed E-state index contributed by atoms with van der Waals surface area (Å²) in [6, 6.07) is 6.46. The summed E-state index contributed by atoms with van der Waals surface area (Å²) in [5.74, 6) is 0. The summed E-state index contributed by atoms with van der Waals surface area (Å²) in [5.41, 5.74) is 1.12. The van der Waals surface area contributed by atoms with E-state index in [2.05, 4.69) is 5.32 Å². The second kappa shape index (κ2) is 3.23. The van der Waals surface area contributed by atoms with Gasteiger partial charge in [-0.15, -0.1) is 0 Å². The summed E-state index contributed by atoms with van der Waals surface area (Å²) in [7, 11) is 1.78. The van der Waals surface area contributed by atoms with Crippen LogP contribution in [0.1, 0.15) is 0 Å². The molecule has 0 atom stereocenters. The van der Waals surface area contributed by atoms with Gasteiger partial charge >= 0.3 is 0 Å². The van der Waals surface area contributed by atoms with Gasteiger partial charge in [0, 0.05) is 12.7 Å². The molecule has 1 aromatic rings. The Morgan fingerprint density at radius 1 is 1.36 bits per heavy atom. The van der Waals surface area contributed by atoms with Gasteiger partial charge in [-0.3, -0.25) is 5.21 Å². The minimum absolute atomic E-state index is 0.167. The number of rotatable bonds is 2. The smallest absolute Gasteiger partial charge is 0.0510 e. The van der Waals surface area contributed by atoms with Crippen molar-refractivity contribution in [1.29, 1.82) is 0 Å². The second-order valence-corrected chi connectivity index (χ2v) is 2.07. The van der Waals surface area contributed by atoms with Crippen LogP contribution in [0.3, 0.4) is 0 Å². The molecule has 2 N–H and O–H groups in total. The molecule has 0 aliphatic carbocycles. The lowest BCUT2D eigenvalue weighted by Crippen LogP contribution is -2.06. The molecule has 1 aromatic carbocycles. The van der Waals surface area contributed by atoms with Gasteiger partial charge in [0.05, 0.1) is 5.69 Å². The Kier molecular flexibility index (Phi) is 2.30. The highest BCUT2D eigenvalue weighted by Gasteiger charge is 1.90. The summed E-state index contributed by atoms with van der Waals surface area (Å²) in [6.45, 7) is 0. The summed E-state index contributed by atoms with van der Waals surface area (Å²) in [6.07, 6.45) is 0. The first-order valence-electron chi connectivity index (χ1n) is 3.18. The Bertz CT molecular complexity index is 220. The third-order valence-corrected chi connectivity index (χ3v) is 1.38. The molecule has 0 heterocycles. The molecule has 4 heteroatoms. The lowest BCUT2D eigenvalue weighted by molar-refractivity contribution is 0.296. The maximum atomic E-state index is 10.3.